The molecule has 0 aromatic carbocycles. The SMILES string of the molecule is CC(N)C(C)C(=O)N(CC1CCCO1)C1CCSC1. The van der Waals surface area contributed by atoms with E-state index in [1.807, 2.05) is 25.6 Å². The summed E-state index contributed by atoms with van der Waals surface area (Å²) in [6, 6.07) is 0.288. The van der Waals surface area contributed by atoms with E-state index in [2.05, 4.69) is 4.90 Å². The zero-order chi connectivity index (χ0) is 13.8. The van der Waals surface area contributed by atoms with Crippen molar-refractivity contribution in [3.8, 4) is 0 Å². The molecule has 0 aromatic heterocycles. The molecule has 4 atom stereocenters. The summed E-state index contributed by atoms with van der Waals surface area (Å²) in [5.74, 6) is 2.32. The maximum absolute atomic E-state index is 12.6. The van der Waals surface area contributed by atoms with Crippen LogP contribution in [0.2, 0.25) is 0 Å². The van der Waals surface area contributed by atoms with Crippen LogP contribution >= 0.6 is 11.8 Å². The third-order valence-electron chi connectivity index (χ3n) is 4.23. The molecule has 0 spiro atoms. The van der Waals surface area contributed by atoms with Gasteiger partial charge in [0.05, 0.1) is 12.0 Å². The zero-order valence-corrected chi connectivity index (χ0v) is 12.8. The molecule has 4 nitrogen and oxygen atoms in total. The highest BCUT2D eigenvalue weighted by Gasteiger charge is 2.33. The summed E-state index contributed by atoms with van der Waals surface area (Å²) >= 11 is 1.94. The summed E-state index contributed by atoms with van der Waals surface area (Å²) in [6.45, 7) is 5.45. The average Bonchev–Trinajstić information content (AvgIpc) is 3.06. The summed E-state index contributed by atoms with van der Waals surface area (Å²) in [4.78, 5) is 14.7. The van der Waals surface area contributed by atoms with Gasteiger partial charge in [-0.15, -0.1) is 0 Å². The van der Waals surface area contributed by atoms with Gasteiger partial charge < -0.3 is 15.4 Å². The number of hydrogen-bond acceptors (Lipinski definition) is 4. The number of carbonyl (C=O) groups is 1. The van der Waals surface area contributed by atoms with Crippen LogP contribution < -0.4 is 5.73 Å². The molecule has 2 fully saturated rings. The number of rotatable bonds is 5. The van der Waals surface area contributed by atoms with Crippen molar-refractivity contribution in [2.24, 2.45) is 11.7 Å². The van der Waals surface area contributed by atoms with Gasteiger partial charge in [0.1, 0.15) is 0 Å². The number of nitrogens with zero attached hydrogens (tertiary/aromatic N) is 1. The maximum atomic E-state index is 12.6. The predicted molar refractivity (Wildman–Crippen MR) is 79.2 cm³/mol. The molecule has 110 valence electrons. The Morgan fingerprint density at radius 1 is 1.47 bits per heavy atom. The lowest BCUT2D eigenvalue weighted by Gasteiger charge is -2.33. The van der Waals surface area contributed by atoms with Crippen molar-refractivity contribution in [3.63, 3.8) is 0 Å². The molecule has 2 heterocycles. The molecule has 0 radical (unpaired) electrons. The molecule has 0 bridgehead atoms. The molecule has 2 rings (SSSR count). The van der Waals surface area contributed by atoms with Crippen molar-refractivity contribution in [3.05, 3.63) is 0 Å². The molecule has 2 aliphatic heterocycles. The molecular weight excluding hydrogens is 260 g/mol. The Labute approximate surface area is 120 Å². The summed E-state index contributed by atoms with van der Waals surface area (Å²) in [5.41, 5.74) is 5.90. The van der Waals surface area contributed by atoms with Crippen molar-refractivity contribution in [2.45, 2.75) is 51.3 Å². The lowest BCUT2D eigenvalue weighted by Crippen LogP contribution is -2.49. The Morgan fingerprint density at radius 2 is 2.26 bits per heavy atom. The Hall–Kier alpha value is -0.260. The van der Waals surface area contributed by atoms with Gasteiger partial charge in [0.25, 0.3) is 0 Å². The molecule has 2 aliphatic rings. The lowest BCUT2D eigenvalue weighted by atomic mass is 10.0. The number of ether oxygens (including phenoxy) is 1. The Kier molecular flexibility index (Phi) is 5.54. The standard InChI is InChI=1S/C14H26N2O2S/c1-10(11(2)15)14(17)16(12-5-7-19-9-12)8-13-4-3-6-18-13/h10-13H,3-9,15H2,1-2H3. The van der Waals surface area contributed by atoms with Crippen LogP contribution in [0.25, 0.3) is 0 Å². The Morgan fingerprint density at radius 3 is 2.79 bits per heavy atom. The number of nitrogens with two attached hydrogens (primary N) is 1. The fourth-order valence-electron chi connectivity index (χ4n) is 2.68. The van der Waals surface area contributed by atoms with Gasteiger partial charge in [-0.05, 0) is 31.9 Å². The second-order valence-corrected chi connectivity index (χ2v) is 6.94. The fourth-order valence-corrected chi connectivity index (χ4v) is 3.91. The van der Waals surface area contributed by atoms with Gasteiger partial charge in [0, 0.05) is 31.0 Å². The van der Waals surface area contributed by atoms with E-state index in [0.29, 0.717) is 6.04 Å². The van der Waals surface area contributed by atoms with E-state index in [0.717, 1.165) is 43.9 Å². The second-order valence-electron chi connectivity index (χ2n) is 5.79. The van der Waals surface area contributed by atoms with E-state index >= 15 is 0 Å². The molecule has 0 saturated carbocycles. The number of thioether (sulfide) groups is 1. The first kappa shape index (κ1) is 15.1. The van der Waals surface area contributed by atoms with Crippen LogP contribution in [-0.2, 0) is 9.53 Å². The predicted octanol–water partition coefficient (Wildman–Crippen LogP) is 1.48. The molecule has 19 heavy (non-hydrogen) atoms. The third-order valence-corrected chi connectivity index (χ3v) is 5.38. The van der Waals surface area contributed by atoms with Crippen LogP contribution in [0, 0.1) is 5.92 Å². The minimum atomic E-state index is -0.105. The molecular formula is C14H26N2O2S. The quantitative estimate of drug-likeness (QED) is 0.832. The topological polar surface area (TPSA) is 55.6 Å². The van der Waals surface area contributed by atoms with Crippen molar-refractivity contribution >= 4 is 17.7 Å². The van der Waals surface area contributed by atoms with Crippen LogP contribution in [0.4, 0.5) is 0 Å². The monoisotopic (exact) mass is 286 g/mol. The van der Waals surface area contributed by atoms with Crippen LogP contribution in [0.5, 0.6) is 0 Å². The first-order valence-electron chi connectivity index (χ1n) is 7.35. The fraction of sp³-hybridized carbons (Fsp3) is 0.929. The smallest absolute Gasteiger partial charge is 0.227 e. The molecule has 5 heteroatoms. The van der Waals surface area contributed by atoms with Crippen molar-refractivity contribution in [2.75, 3.05) is 24.7 Å². The van der Waals surface area contributed by atoms with Gasteiger partial charge in [-0.1, -0.05) is 6.92 Å². The summed E-state index contributed by atoms with van der Waals surface area (Å²) in [5, 5.41) is 0. The largest absolute Gasteiger partial charge is 0.376 e. The first-order valence-corrected chi connectivity index (χ1v) is 8.50. The van der Waals surface area contributed by atoms with Crippen molar-refractivity contribution in [1.29, 1.82) is 0 Å². The molecule has 0 aromatic rings. The molecule has 2 N–H and O–H groups in total. The highest BCUT2D eigenvalue weighted by Crippen LogP contribution is 2.26. The summed E-state index contributed by atoms with van der Waals surface area (Å²) in [7, 11) is 0. The van der Waals surface area contributed by atoms with Gasteiger partial charge in [-0.25, -0.2) is 0 Å². The van der Waals surface area contributed by atoms with E-state index in [4.69, 9.17) is 10.5 Å². The maximum Gasteiger partial charge on any atom is 0.227 e. The third kappa shape index (κ3) is 3.86. The van der Waals surface area contributed by atoms with Gasteiger partial charge in [0.15, 0.2) is 0 Å². The van der Waals surface area contributed by atoms with Crippen LogP contribution in [-0.4, -0.2) is 53.7 Å². The van der Waals surface area contributed by atoms with Crippen LogP contribution in [0.3, 0.4) is 0 Å². The van der Waals surface area contributed by atoms with Crippen LogP contribution in [0.1, 0.15) is 33.1 Å². The second kappa shape index (κ2) is 6.95. The Bertz CT molecular complexity index is 300. The van der Waals surface area contributed by atoms with E-state index in [-0.39, 0.29) is 24.0 Å². The lowest BCUT2D eigenvalue weighted by molar-refractivity contribution is -0.139. The van der Waals surface area contributed by atoms with Crippen molar-refractivity contribution < 1.29 is 9.53 Å². The van der Waals surface area contributed by atoms with Crippen molar-refractivity contribution in [1.82, 2.24) is 4.90 Å². The number of amides is 1. The normalized spacial score (nSPS) is 30.3. The molecule has 1 amide bonds. The van der Waals surface area contributed by atoms with E-state index in [1.165, 1.54) is 0 Å². The van der Waals surface area contributed by atoms with E-state index in [9.17, 15) is 4.79 Å². The first-order chi connectivity index (χ1) is 9.09. The zero-order valence-electron chi connectivity index (χ0n) is 12.0. The van der Waals surface area contributed by atoms with E-state index < -0.39 is 0 Å². The molecule has 2 saturated heterocycles. The highest BCUT2D eigenvalue weighted by molar-refractivity contribution is 7.99. The molecule has 0 aliphatic carbocycles. The van der Waals surface area contributed by atoms with E-state index in [1.54, 1.807) is 0 Å². The minimum Gasteiger partial charge on any atom is -0.376 e. The highest BCUT2D eigenvalue weighted by atomic mass is 32.2. The summed E-state index contributed by atoms with van der Waals surface area (Å²) in [6.07, 6.45) is 3.54. The van der Waals surface area contributed by atoms with Gasteiger partial charge in [0.2, 0.25) is 5.91 Å². The molecule has 4 unspecified atom stereocenters. The van der Waals surface area contributed by atoms with Gasteiger partial charge in [-0.3, -0.25) is 4.79 Å². The minimum absolute atomic E-state index is 0.0893. The van der Waals surface area contributed by atoms with Crippen LogP contribution in [0.15, 0.2) is 0 Å². The number of carbonyl (C=O) groups excluding carboxylic acids is 1. The van der Waals surface area contributed by atoms with Gasteiger partial charge >= 0.3 is 0 Å². The Balaban J connectivity index is 2.01. The van der Waals surface area contributed by atoms with Gasteiger partial charge in [-0.2, -0.15) is 11.8 Å². The number of hydrogen-bond donors (Lipinski definition) is 1. The average molecular weight is 286 g/mol. The summed E-state index contributed by atoms with van der Waals surface area (Å²) < 4.78 is 5.70.